The number of hydrogen-bond acceptors (Lipinski definition) is 4. The molecule has 0 aromatic carbocycles. The van der Waals surface area contributed by atoms with Crippen LogP contribution in [-0.2, 0) is 9.63 Å². The van der Waals surface area contributed by atoms with Crippen molar-refractivity contribution in [1.82, 2.24) is 5.32 Å². The molecule has 0 radical (unpaired) electrons. The molecule has 0 rings (SSSR count). The Bertz CT molecular complexity index is 131. The van der Waals surface area contributed by atoms with Crippen LogP contribution in [-0.4, -0.2) is 30.1 Å². The molecular formula is C7H16N2O2S. The molecule has 72 valence electrons. The molecular weight excluding hydrogens is 176 g/mol. The number of nitrogens with two attached hydrogens (primary N) is 1. The molecule has 0 fully saturated rings. The summed E-state index contributed by atoms with van der Waals surface area (Å²) in [6, 6.07) is 0. The largest absolute Gasteiger partial charge is 0.353 e. The number of thioether (sulfide) groups is 1. The van der Waals surface area contributed by atoms with Crippen molar-refractivity contribution < 1.29 is 9.63 Å². The van der Waals surface area contributed by atoms with E-state index in [1.807, 2.05) is 0 Å². The third kappa shape index (κ3) is 7.84. The summed E-state index contributed by atoms with van der Waals surface area (Å²) in [5, 5.41) is 3.28. The second-order valence-electron chi connectivity index (χ2n) is 2.58. The van der Waals surface area contributed by atoms with Crippen LogP contribution in [0, 0.1) is 0 Å². The van der Waals surface area contributed by atoms with Gasteiger partial charge in [-0.05, 0) is 5.25 Å². The first kappa shape index (κ1) is 11.7. The van der Waals surface area contributed by atoms with E-state index in [1.165, 1.54) is 0 Å². The Morgan fingerprint density at radius 3 is 2.83 bits per heavy atom. The van der Waals surface area contributed by atoms with E-state index in [0.717, 1.165) is 5.75 Å². The standard InChI is InChI=1S/C7H16N2O2S/c1-6(2)12-4-3-9-7(10)5-11-8/h6H,3-5,8H2,1-2H3,(H,9,10). The molecule has 0 heterocycles. The minimum atomic E-state index is -0.165. The van der Waals surface area contributed by atoms with Crippen LogP contribution in [0.1, 0.15) is 13.8 Å². The zero-order valence-corrected chi connectivity index (χ0v) is 8.32. The van der Waals surface area contributed by atoms with Crippen LogP contribution in [0.4, 0.5) is 0 Å². The summed E-state index contributed by atoms with van der Waals surface area (Å²) >= 11 is 1.80. The van der Waals surface area contributed by atoms with E-state index in [9.17, 15) is 4.79 Å². The SMILES string of the molecule is CC(C)SCCNC(=O)CON. The Balaban J connectivity index is 3.14. The summed E-state index contributed by atoms with van der Waals surface area (Å²) in [4.78, 5) is 14.9. The molecule has 3 N–H and O–H groups in total. The van der Waals surface area contributed by atoms with Gasteiger partial charge in [-0.3, -0.25) is 9.63 Å². The second kappa shape index (κ2) is 7.39. The Hall–Kier alpha value is -0.260. The Morgan fingerprint density at radius 2 is 2.33 bits per heavy atom. The number of carbonyl (C=O) groups is 1. The number of hydrogen-bond donors (Lipinski definition) is 2. The molecule has 0 saturated carbocycles. The van der Waals surface area contributed by atoms with Gasteiger partial charge in [0.25, 0.3) is 0 Å². The molecule has 0 bridgehead atoms. The third-order valence-corrected chi connectivity index (χ3v) is 2.20. The zero-order valence-electron chi connectivity index (χ0n) is 7.50. The quantitative estimate of drug-likeness (QED) is 0.464. The predicted molar refractivity (Wildman–Crippen MR) is 50.7 cm³/mol. The Kier molecular flexibility index (Phi) is 7.23. The summed E-state index contributed by atoms with van der Waals surface area (Å²) in [6.45, 7) is 4.85. The van der Waals surface area contributed by atoms with Crippen molar-refractivity contribution >= 4 is 17.7 Å². The highest BCUT2D eigenvalue weighted by Gasteiger charge is 1.99. The zero-order chi connectivity index (χ0) is 9.40. The molecule has 5 heteroatoms. The van der Waals surface area contributed by atoms with E-state index in [2.05, 4.69) is 24.0 Å². The highest BCUT2D eigenvalue weighted by Crippen LogP contribution is 2.06. The molecule has 0 aliphatic heterocycles. The van der Waals surface area contributed by atoms with Crippen LogP contribution in [0.5, 0.6) is 0 Å². The van der Waals surface area contributed by atoms with Gasteiger partial charge in [-0.1, -0.05) is 13.8 Å². The number of amides is 1. The first-order valence-electron chi connectivity index (χ1n) is 3.86. The van der Waals surface area contributed by atoms with Crippen molar-refractivity contribution in [1.29, 1.82) is 0 Å². The van der Waals surface area contributed by atoms with Crippen LogP contribution < -0.4 is 11.2 Å². The van der Waals surface area contributed by atoms with Gasteiger partial charge in [0.05, 0.1) is 0 Å². The van der Waals surface area contributed by atoms with Crippen LogP contribution in [0.15, 0.2) is 0 Å². The maximum Gasteiger partial charge on any atom is 0.248 e. The first-order valence-corrected chi connectivity index (χ1v) is 4.91. The van der Waals surface area contributed by atoms with Gasteiger partial charge in [0.15, 0.2) is 0 Å². The van der Waals surface area contributed by atoms with Crippen LogP contribution >= 0.6 is 11.8 Å². The van der Waals surface area contributed by atoms with E-state index in [4.69, 9.17) is 5.90 Å². The van der Waals surface area contributed by atoms with Gasteiger partial charge in [-0.15, -0.1) is 0 Å². The fourth-order valence-corrected chi connectivity index (χ4v) is 1.30. The van der Waals surface area contributed by atoms with Crippen molar-refractivity contribution in [2.75, 3.05) is 18.9 Å². The molecule has 12 heavy (non-hydrogen) atoms. The molecule has 0 aliphatic rings. The minimum absolute atomic E-state index is 0.0631. The van der Waals surface area contributed by atoms with E-state index < -0.39 is 0 Å². The maximum absolute atomic E-state index is 10.8. The number of nitrogens with one attached hydrogen (secondary N) is 1. The molecule has 1 amide bonds. The van der Waals surface area contributed by atoms with E-state index in [-0.39, 0.29) is 12.5 Å². The van der Waals surface area contributed by atoms with Crippen molar-refractivity contribution in [3.05, 3.63) is 0 Å². The molecule has 0 atom stereocenters. The summed E-state index contributed by atoms with van der Waals surface area (Å²) < 4.78 is 0. The molecule has 0 aromatic heterocycles. The van der Waals surface area contributed by atoms with E-state index in [1.54, 1.807) is 11.8 Å². The summed E-state index contributed by atoms with van der Waals surface area (Å²) in [6.07, 6.45) is 0. The maximum atomic E-state index is 10.8. The van der Waals surface area contributed by atoms with Gasteiger partial charge in [0, 0.05) is 12.3 Å². The minimum Gasteiger partial charge on any atom is -0.353 e. The Morgan fingerprint density at radius 1 is 1.67 bits per heavy atom. The van der Waals surface area contributed by atoms with Gasteiger partial charge in [-0.25, -0.2) is 5.90 Å². The Labute approximate surface area is 77.2 Å². The van der Waals surface area contributed by atoms with Crippen LogP contribution in [0.3, 0.4) is 0 Å². The van der Waals surface area contributed by atoms with Crippen LogP contribution in [0.25, 0.3) is 0 Å². The van der Waals surface area contributed by atoms with Gasteiger partial charge in [0.1, 0.15) is 6.61 Å². The van der Waals surface area contributed by atoms with Gasteiger partial charge < -0.3 is 5.32 Å². The van der Waals surface area contributed by atoms with Gasteiger partial charge >= 0.3 is 0 Å². The van der Waals surface area contributed by atoms with Crippen molar-refractivity contribution in [2.45, 2.75) is 19.1 Å². The van der Waals surface area contributed by atoms with Crippen molar-refractivity contribution in [3.63, 3.8) is 0 Å². The monoisotopic (exact) mass is 192 g/mol. The van der Waals surface area contributed by atoms with Gasteiger partial charge in [-0.2, -0.15) is 11.8 Å². The van der Waals surface area contributed by atoms with Gasteiger partial charge in [0.2, 0.25) is 5.91 Å². The topological polar surface area (TPSA) is 64.3 Å². The predicted octanol–water partition coefficient (Wildman–Crippen LogP) is 0.134. The first-order chi connectivity index (χ1) is 5.66. The summed E-state index contributed by atoms with van der Waals surface area (Å²) in [7, 11) is 0. The lowest BCUT2D eigenvalue weighted by molar-refractivity contribution is -0.125. The third-order valence-electron chi connectivity index (χ3n) is 1.09. The van der Waals surface area contributed by atoms with Crippen LogP contribution in [0.2, 0.25) is 0 Å². The van der Waals surface area contributed by atoms with Crippen molar-refractivity contribution in [2.24, 2.45) is 5.90 Å². The van der Waals surface area contributed by atoms with Crippen molar-refractivity contribution in [3.8, 4) is 0 Å². The fourth-order valence-electron chi connectivity index (χ4n) is 0.612. The number of rotatable bonds is 6. The lowest BCUT2D eigenvalue weighted by Gasteiger charge is -2.05. The lowest BCUT2D eigenvalue weighted by atomic mass is 10.6. The average molecular weight is 192 g/mol. The summed E-state index contributed by atoms with van der Waals surface area (Å²) in [5.41, 5.74) is 0. The molecule has 0 aromatic rings. The highest BCUT2D eigenvalue weighted by atomic mass is 32.2. The number of carbonyl (C=O) groups excluding carboxylic acids is 1. The highest BCUT2D eigenvalue weighted by molar-refractivity contribution is 7.99. The fraction of sp³-hybridized carbons (Fsp3) is 0.857. The molecule has 0 aliphatic carbocycles. The van der Waals surface area contributed by atoms with E-state index >= 15 is 0 Å². The molecule has 0 saturated heterocycles. The molecule has 4 nitrogen and oxygen atoms in total. The van der Waals surface area contributed by atoms with E-state index in [0.29, 0.717) is 11.8 Å². The molecule has 0 spiro atoms. The normalized spacial score (nSPS) is 10.3. The second-order valence-corrected chi connectivity index (χ2v) is 4.26. The molecule has 0 unspecified atom stereocenters. The lowest BCUT2D eigenvalue weighted by Crippen LogP contribution is -2.30. The average Bonchev–Trinajstić information content (AvgIpc) is 1.98. The summed E-state index contributed by atoms with van der Waals surface area (Å²) in [5.74, 6) is 5.48. The smallest absolute Gasteiger partial charge is 0.248 e.